The molecule has 4 aromatic rings. The van der Waals surface area contributed by atoms with Crippen LogP contribution in [-0.4, -0.2) is 32.6 Å². The van der Waals surface area contributed by atoms with Crippen molar-refractivity contribution in [3.8, 4) is 5.75 Å². The van der Waals surface area contributed by atoms with Crippen molar-refractivity contribution >= 4 is 43.8 Å². The maximum Gasteiger partial charge on any atom is 0.191 e. The van der Waals surface area contributed by atoms with Gasteiger partial charge in [0.05, 0.1) is 12.0 Å². The van der Waals surface area contributed by atoms with Gasteiger partial charge in [-0.15, -0.1) is 0 Å². The zero-order valence-corrected chi connectivity index (χ0v) is 21.8. The van der Waals surface area contributed by atoms with Crippen LogP contribution in [0.4, 0.5) is 5.69 Å². The van der Waals surface area contributed by atoms with Gasteiger partial charge in [-0.2, -0.15) is 0 Å². The third kappa shape index (κ3) is 4.92. The van der Waals surface area contributed by atoms with Crippen LogP contribution in [0.25, 0.3) is 10.9 Å². The zero-order chi connectivity index (χ0) is 25.5. The summed E-state index contributed by atoms with van der Waals surface area (Å²) in [5, 5.41) is 4.67. The predicted molar refractivity (Wildman–Crippen MR) is 141 cm³/mol. The van der Waals surface area contributed by atoms with E-state index in [-0.39, 0.29) is 10.7 Å². The summed E-state index contributed by atoms with van der Waals surface area (Å²) in [5.74, 6) is 0.210. The number of carbonyl (C=O) groups excluding carboxylic acids is 1. The maximum atomic E-state index is 14.0. The molecule has 0 fully saturated rings. The van der Waals surface area contributed by atoms with Crippen molar-refractivity contribution < 1.29 is 17.9 Å². The van der Waals surface area contributed by atoms with Gasteiger partial charge in [0.15, 0.2) is 15.6 Å². The van der Waals surface area contributed by atoms with Crippen molar-refractivity contribution in [2.75, 3.05) is 18.7 Å². The molecule has 0 saturated carbocycles. The molecule has 35 heavy (non-hydrogen) atoms. The lowest BCUT2D eigenvalue weighted by Crippen LogP contribution is -2.22. The number of halogens is 1. The third-order valence-electron chi connectivity index (χ3n) is 6.31. The molecule has 1 unspecified atom stereocenters. The number of H-pyrrole nitrogens is 1. The molecule has 2 N–H and O–H groups in total. The van der Waals surface area contributed by atoms with E-state index in [4.69, 9.17) is 16.3 Å². The summed E-state index contributed by atoms with van der Waals surface area (Å²) in [7, 11) is -2.03. The molecule has 0 aliphatic heterocycles. The Bertz CT molecular complexity index is 1560. The molecule has 1 aromatic heterocycles. The Morgan fingerprint density at radius 3 is 2.43 bits per heavy atom. The smallest absolute Gasteiger partial charge is 0.191 e. The predicted octanol–water partition coefficient (Wildman–Crippen LogP) is 6.19. The largest absolute Gasteiger partial charge is 0.497 e. The fraction of sp³-hybridized carbons (Fsp3) is 0.222. The number of nitrogens with one attached hydrogen (secondary N) is 2. The number of ether oxygens (including phenoxy) is 1. The van der Waals surface area contributed by atoms with Gasteiger partial charge in [0.2, 0.25) is 0 Å². The van der Waals surface area contributed by atoms with Crippen LogP contribution in [0.2, 0.25) is 5.02 Å². The molecule has 4 rings (SSSR count). The molecular formula is C27H27ClN2O4S. The summed E-state index contributed by atoms with van der Waals surface area (Å²) >= 11 is 6.19. The van der Waals surface area contributed by atoms with Gasteiger partial charge in [-0.1, -0.05) is 29.8 Å². The number of anilines is 1. The number of hydrogen-bond acceptors (Lipinski definition) is 5. The summed E-state index contributed by atoms with van der Waals surface area (Å²) in [5.41, 5.74) is 5.69. The van der Waals surface area contributed by atoms with Crippen molar-refractivity contribution in [2.45, 2.75) is 31.7 Å². The molecule has 0 radical (unpaired) electrons. The van der Waals surface area contributed by atoms with Gasteiger partial charge in [-0.3, -0.25) is 4.79 Å². The lowest BCUT2D eigenvalue weighted by molar-refractivity contribution is 0.0971. The molecule has 1 heterocycles. The number of aromatic nitrogens is 1. The standard InChI is InChI=1S/C27H27ClN2O4S/c1-15-6-8-23-24(14-29-25(23)17(15)3)27(31)26(22-9-7-18(28)10-16(22)2)30-19-11-20(34-4)13-21(12-19)35(5,32)33/h6-14,26,29-30H,1-5H3. The second-order valence-corrected chi connectivity index (χ2v) is 11.2. The van der Waals surface area contributed by atoms with E-state index in [0.29, 0.717) is 22.0 Å². The van der Waals surface area contributed by atoms with Crippen LogP contribution >= 0.6 is 11.6 Å². The fourth-order valence-electron chi connectivity index (χ4n) is 4.21. The quantitative estimate of drug-likeness (QED) is 0.289. The highest BCUT2D eigenvalue weighted by Crippen LogP contribution is 2.33. The van der Waals surface area contributed by atoms with E-state index in [9.17, 15) is 13.2 Å². The zero-order valence-electron chi connectivity index (χ0n) is 20.2. The molecule has 3 aromatic carbocycles. The Hall–Kier alpha value is -3.29. The second kappa shape index (κ2) is 9.40. The Balaban J connectivity index is 1.86. The molecule has 1 atom stereocenters. The normalized spacial score (nSPS) is 12.5. The number of aryl methyl sites for hydroxylation is 3. The topological polar surface area (TPSA) is 88.3 Å². The SMILES string of the molecule is COc1cc(NC(C(=O)c2c[nH]c3c(C)c(C)ccc23)c2ccc(Cl)cc2C)cc(S(C)(=O)=O)c1. The van der Waals surface area contributed by atoms with Crippen LogP contribution in [0.1, 0.15) is 38.7 Å². The Morgan fingerprint density at radius 1 is 1.03 bits per heavy atom. The van der Waals surface area contributed by atoms with E-state index >= 15 is 0 Å². The second-order valence-electron chi connectivity index (χ2n) is 8.74. The van der Waals surface area contributed by atoms with E-state index in [1.165, 1.54) is 19.2 Å². The number of methoxy groups -OCH3 is 1. The Kier molecular flexibility index (Phi) is 6.66. The number of benzene rings is 3. The molecule has 6 nitrogen and oxygen atoms in total. The van der Waals surface area contributed by atoms with Gasteiger partial charge in [-0.25, -0.2) is 8.42 Å². The van der Waals surface area contributed by atoms with Gasteiger partial charge in [-0.05, 0) is 67.3 Å². The van der Waals surface area contributed by atoms with Crippen molar-refractivity contribution in [1.82, 2.24) is 4.98 Å². The van der Waals surface area contributed by atoms with Gasteiger partial charge >= 0.3 is 0 Å². The Morgan fingerprint density at radius 2 is 1.77 bits per heavy atom. The minimum atomic E-state index is -3.50. The lowest BCUT2D eigenvalue weighted by Gasteiger charge is -2.22. The van der Waals surface area contributed by atoms with E-state index in [2.05, 4.69) is 10.3 Å². The molecule has 182 valence electrons. The molecule has 0 saturated heterocycles. The summed E-state index contributed by atoms with van der Waals surface area (Å²) in [6.45, 7) is 5.94. The molecule has 0 amide bonds. The molecule has 0 aliphatic rings. The average Bonchev–Trinajstić information content (AvgIpc) is 3.24. The first-order chi connectivity index (χ1) is 16.5. The van der Waals surface area contributed by atoms with Crippen molar-refractivity contribution in [2.24, 2.45) is 0 Å². The van der Waals surface area contributed by atoms with Crippen LogP contribution in [0, 0.1) is 20.8 Å². The highest BCUT2D eigenvalue weighted by molar-refractivity contribution is 7.90. The van der Waals surface area contributed by atoms with Gasteiger partial charge in [0.25, 0.3) is 0 Å². The van der Waals surface area contributed by atoms with Gasteiger partial charge < -0.3 is 15.0 Å². The molecule has 0 spiro atoms. The summed E-state index contributed by atoms with van der Waals surface area (Å²) in [6, 6.07) is 13.1. The third-order valence-corrected chi connectivity index (χ3v) is 7.64. The molecular weight excluding hydrogens is 484 g/mol. The number of aromatic amines is 1. The molecule has 0 bridgehead atoms. The summed E-state index contributed by atoms with van der Waals surface area (Å²) in [6.07, 6.45) is 2.86. The summed E-state index contributed by atoms with van der Waals surface area (Å²) < 4.78 is 29.8. The number of fused-ring (bicyclic) bond motifs is 1. The number of Topliss-reactive ketones (excluding diaryl/α,β-unsaturated/α-hetero) is 1. The lowest BCUT2D eigenvalue weighted by atomic mass is 9.93. The van der Waals surface area contributed by atoms with E-state index in [1.54, 1.807) is 24.4 Å². The van der Waals surface area contributed by atoms with Gasteiger partial charge in [0.1, 0.15) is 11.8 Å². The first-order valence-corrected chi connectivity index (χ1v) is 13.3. The first-order valence-electron chi connectivity index (χ1n) is 11.0. The minimum Gasteiger partial charge on any atom is -0.497 e. The van der Waals surface area contributed by atoms with Crippen molar-refractivity contribution in [1.29, 1.82) is 0 Å². The Labute approximate surface area is 210 Å². The first kappa shape index (κ1) is 24.8. The fourth-order valence-corrected chi connectivity index (χ4v) is 5.11. The van der Waals surface area contributed by atoms with Crippen LogP contribution in [0.5, 0.6) is 5.75 Å². The summed E-state index contributed by atoms with van der Waals surface area (Å²) in [4.78, 5) is 17.4. The van der Waals surface area contributed by atoms with Gasteiger partial charge in [0, 0.05) is 45.7 Å². The highest BCUT2D eigenvalue weighted by Gasteiger charge is 2.27. The number of carbonyl (C=O) groups is 1. The number of rotatable bonds is 7. The molecule has 8 heteroatoms. The van der Waals surface area contributed by atoms with Crippen molar-refractivity contribution in [3.63, 3.8) is 0 Å². The number of sulfone groups is 1. The van der Waals surface area contributed by atoms with Crippen LogP contribution in [0.15, 0.2) is 59.6 Å². The van der Waals surface area contributed by atoms with Crippen molar-refractivity contribution in [3.05, 3.63) is 87.6 Å². The average molecular weight is 511 g/mol. The van der Waals surface area contributed by atoms with Crippen LogP contribution in [-0.2, 0) is 9.84 Å². The number of ketones is 1. The number of hydrogen-bond donors (Lipinski definition) is 2. The minimum absolute atomic E-state index is 0.0940. The molecule has 0 aliphatic carbocycles. The monoisotopic (exact) mass is 510 g/mol. The highest BCUT2D eigenvalue weighted by atomic mass is 35.5. The van der Waals surface area contributed by atoms with Crippen LogP contribution < -0.4 is 10.1 Å². The van der Waals surface area contributed by atoms with E-state index in [1.807, 2.05) is 39.0 Å². The van der Waals surface area contributed by atoms with E-state index < -0.39 is 15.9 Å². The van der Waals surface area contributed by atoms with E-state index in [0.717, 1.165) is 39.4 Å². The maximum absolute atomic E-state index is 14.0. The van der Waals surface area contributed by atoms with Crippen LogP contribution in [0.3, 0.4) is 0 Å².